The van der Waals surface area contributed by atoms with E-state index in [2.05, 4.69) is 39.4 Å². The Kier molecular flexibility index (Phi) is 5.59. The molecule has 1 N–H and O–H groups in total. The number of amides is 1. The third-order valence-electron chi connectivity index (χ3n) is 4.88. The first-order valence-corrected chi connectivity index (χ1v) is 9.13. The van der Waals surface area contributed by atoms with Gasteiger partial charge in [0.05, 0.1) is 16.7 Å². The third-order valence-corrected chi connectivity index (χ3v) is 4.88. The summed E-state index contributed by atoms with van der Waals surface area (Å²) in [4.78, 5) is 22.9. The van der Waals surface area contributed by atoms with Gasteiger partial charge in [-0.15, -0.1) is 0 Å². The van der Waals surface area contributed by atoms with Gasteiger partial charge in [0.2, 0.25) is 0 Å². The predicted molar refractivity (Wildman–Crippen MR) is 113 cm³/mol. The van der Waals surface area contributed by atoms with E-state index in [0.29, 0.717) is 5.56 Å². The van der Waals surface area contributed by atoms with Gasteiger partial charge >= 0.3 is 0 Å². The zero-order valence-corrected chi connectivity index (χ0v) is 16.8. The molecule has 0 saturated heterocycles. The van der Waals surface area contributed by atoms with E-state index < -0.39 is 10.8 Å². The molecule has 0 aliphatic rings. The number of carbonyl (C=O) groups is 1. The first-order valence-electron chi connectivity index (χ1n) is 9.13. The molecular weight excluding hydrogens is 368 g/mol. The highest BCUT2D eigenvalue weighted by atomic mass is 16.6. The van der Waals surface area contributed by atoms with Gasteiger partial charge in [0, 0.05) is 34.3 Å². The molecule has 0 aliphatic heterocycles. The number of nitro benzene ring substituents is 1. The van der Waals surface area contributed by atoms with E-state index in [1.165, 1.54) is 23.8 Å². The van der Waals surface area contributed by atoms with Crippen LogP contribution in [0.15, 0.2) is 53.6 Å². The Balaban J connectivity index is 1.80. The molecule has 0 aliphatic carbocycles. The quantitative estimate of drug-likeness (QED) is 0.398. The molecule has 3 aromatic rings. The van der Waals surface area contributed by atoms with Gasteiger partial charge in [-0.3, -0.25) is 14.9 Å². The number of nitrogens with zero attached hydrogens (tertiary/aromatic N) is 3. The highest BCUT2D eigenvalue weighted by Crippen LogP contribution is 2.22. The van der Waals surface area contributed by atoms with E-state index in [0.717, 1.165) is 22.6 Å². The molecule has 1 aromatic heterocycles. The molecule has 0 bridgehead atoms. The molecule has 0 fully saturated rings. The molecule has 148 valence electrons. The lowest BCUT2D eigenvalue weighted by Gasteiger charge is -2.09. The van der Waals surface area contributed by atoms with Crippen molar-refractivity contribution in [2.45, 2.75) is 27.7 Å². The summed E-state index contributed by atoms with van der Waals surface area (Å²) < 4.78 is 2.12. The Bertz CT molecular complexity index is 1110. The summed E-state index contributed by atoms with van der Waals surface area (Å²) >= 11 is 0. The fourth-order valence-corrected chi connectivity index (χ4v) is 3.30. The average molecular weight is 390 g/mol. The van der Waals surface area contributed by atoms with E-state index in [1.54, 1.807) is 13.1 Å². The Hall–Kier alpha value is -3.74. The average Bonchev–Trinajstić information content (AvgIpc) is 2.96. The Labute approximate surface area is 168 Å². The summed E-state index contributed by atoms with van der Waals surface area (Å²) in [7, 11) is 0. The van der Waals surface area contributed by atoms with Crippen LogP contribution in [-0.4, -0.2) is 21.6 Å². The molecule has 7 nitrogen and oxygen atoms in total. The van der Waals surface area contributed by atoms with Crippen molar-refractivity contribution in [2.24, 2.45) is 5.10 Å². The second-order valence-electron chi connectivity index (χ2n) is 6.90. The Morgan fingerprint density at radius 2 is 1.79 bits per heavy atom. The smallest absolute Gasteiger partial charge is 0.273 e. The number of nitrogens with one attached hydrogen (secondary N) is 1. The number of aryl methyl sites for hydroxylation is 2. The molecule has 1 amide bonds. The monoisotopic (exact) mass is 390 g/mol. The van der Waals surface area contributed by atoms with Gasteiger partial charge in [-0.25, -0.2) is 5.43 Å². The third kappa shape index (κ3) is 4.08. The van der Waals surface area contributed by atoms with Gasteiger partial charge in [0.1, 0.15) is 0 Å². The minimum atomic E-state index is -0.505. The number of rotatable bonds is 5. The van der Waals surface area contributed by atoms with Crippen LogP contribution in [0.5, 0.6) is 0 Å². The van der Waals surface area contributed by atoms with Crippen LogP contribution in [0.4, 0.5) is 5.69 Å². The van der Waals surface area contributed by atoms with Gasteiger partial charge in [0.25, 0.3) is 11.6 Å². The number of aromatic nitrogens is 1. The van der Waals surface area contributed by atoms with Crippen molar-refractivity contribution < 1.29 is 9.72 Å². The predicted octanol–water partition coefficient (Wildman–Crippen LogP) is 4.38. The maximum Gasteiger partial charge on any atom is 0.273 e. The molecule has 0 spiro atoms. The lowest BCUT2D eigenvalue weighted by molar-refractivity contribution is -0.385. The maximum absolute atomic E-state index is 12.4. The summed E-state index contributed by atoms with van der Waals surface area (Å²) in [5.74, 6) is -0.491. The second-order valence-corrected chi connectivity index (χ2v) is 6.90. The normalized spacial score (nSPS) is 11.0. The molecule has 3 rings (SSSR count). The lowest BCUT2D eigenvalue weighted by Crippen LogP contribution is -2.19. The molecule has 0 atom stereocenters. The van der Waals surface area contributed by atoms with Gasteiger partial charge in [0.15, 0.2) is 0 Å². The van der Waals surface area contributed by atoms with Crippen LogP contribution in [0.1, 0.15) is 38.4 Å². The Morgan fingerprint density at radius 3 is 2.45 bits per heavy atom. The number of hydrogen-bond donors (Lipinski definition) is 1. The van der Waals surface area contributed by atoms with E-state index in [9.17, 15) is 14.9 Å². The van der Waals surface area contributed by atoms with Gasteiger partial charge in [-0.1, -0.05) is 23.8 Å². The standard InChI is InChI=1S/C22H22N4O3/c1-14-8-10-19(11-9-14)25-15(2)12-18(17(25)4)13-23-24-22(27)20-6-5-7-21(16(20)3)26(28)29/h5-13H,1-4H3,(H,24,27)/b23-13-. The van der Waals surface area contributed by atoms with E-state index in [4.69, 9.17) is 0 Å². The molecule has 0 saturated carbocycles. The molecule has 29 heavy (non-hydrogen) atoms. The summed E-state index contributed by atoms with van der Waals surface area (Å²) in [6.07, 6.45) is 1.58. The van der Waals surface area contributed by atoms with Crippen molar-refractivity contribution in [1.82, 2.24) is 9.99 Å². The largest absolute Gasteiger partial charge is 0.318 e. The number of nitro groups is 1. The number of benzene rings is 2. The van der Waals surface area contributed by atoms with Crippen molar-refractivity contribution in [2.75, 3.05) is 0 Å². The SMILES string of the molecule is Cc1ccc(-n2c(C)cc(/C=N\NC(=O)c3cccc([N+](=O)[O-])c3C)c2C)cc1. The number of hydrogen-bond acceptors (Lipinski definition) is 4. The van der Waals surface area contributed by atoms with Gasteiger partial charge < -0.3 is 4.57 Å². The van der Waals surface area contributed by atoms with Crippen molar-refractivity contribution in [3.8, 4) is 5.69 Å². The van der Waals surface area contributed by atoms with E-state index in [-0.39, 0.29) is 11.3 Å². The van der Waals surface area contributed by atoms with Crippen LogP contribution in [0.3, 0.4) is 0 Å². The van der Waals surface area contributed by atoms with Crippen LogP contribution in [-0.2, 0) is 0 Å². The number of hydrazone groups is 1. The van der Waals surface area contributed by atoms with Crippen LogP contribution in [0.2, 0.25) is 0 Å². The molecule has 1 heterocycles. The van der Waals surface area contributed by atoms with Crippen molar-refractivity contribution in [3.63, 3.8) is 0 Å². The fourth-order valence-electron chi connectivity index (χ4n) is 3.30. The second kappa shape index (κ2) is 8.10. The number of carbonyl (C=O) groups excluding carboxylic acids is 1. The zero-order chi connectivity index (χ0) is 21.1. The first-order chi connectivity index (χ1) is 13.8. The summed E-state index contributed by atoms with van der Waals surface area (Å²) in [5.41, 5.74) is 8.06. The first kappa shape index (κ1) is 20.0. The van der Waals surface area contributed by atoms with Crippen LogP contribution in [0, 0.1) is 37.8 Å². The molecule has 0 unspecified atom stereocenters. The summed E-state index contributed by atoms with van der Waals surface area (Å²) in [6.45, 7) is 7.59. The molecule has 7 heteroatoms. The Morgan fingerprint density at radius 1 is 1.10 bits per heavy atom. The van der Waals surface area contributed by atoms with E-state index >= 15 is 0 Å². The van der Waals surface area contributed by atoms with Crippen LogP contribution >= 0.6 is 0 Å². The van der Waals surface area contributed by atoms with Gasteiger partial charge in [-0.2, -0.15) is 5.10 Å². The molecular formula is C22H22N4O3. The molecule has 2 aromatic carbocycles. The summed E-state index contributed by atoms with van der Waals surface area (Å²) in [6, 6.07) is 14.6. The van der Waals surface area contributed by atoms with Gasteiger partial charge in [-0.05, 0) is 52.0 Å². The summed E-state index contributed by atoms with van der Waals surface area (Å²) in [5, 5.41) is 15.1. The topological polar surface area (TPSA) is 89.5 Å². The van der Waals surface area contributed by atoms with Crippen molar-refractivity contribution >= 4 is 17.8 Å². The van der Waals surface area contributed by atoms with Crippen LogP contribution < -0.4 is 5.43 Å². The van der Waals surface area contributed by atoms with Crippen molar-refractivity contribution in [3.05, 3.63) is 92.3 Å². The highest BCUT2D eigenvalue weighted by Gasteiger charge is 2.17. The van der Waals surface area contributed by atoms with Crippen molar-refractivity contribution in [1.29, 1.82) is 0 Å². The zero-order valence-electron chi connectivity index (χ0n) is 16.8. The maximum atomic E-state index is 12.4. The van der Waals surface area contributed by atoms with E-state index in [1.807, 2.05) is 26.8 Å². The minimum absolute atomic E-state index is 0.0942. The molecule has 0 radical (unpaired) electrons. The van der Waals surface area contributed by atoms with Crippen LogP contribution in [0.25, 0.3) is 5.69 Å². The lowest BCUT2D eigenvalue weighted by atomic mass is 10.1. The minimum Gasteiger partial charge on any atom is -0.318 e. The fraction of sp³-hybridized carbons (Fsp3) is 0.182. The highest BCUT2D eigenvalue weighted by molar-refractivity contribution is 5.97.